The van der Waals surface area contributed by atoms with Gasteiger partial charge in [0.15, 0.2) is 6.04 Å². The standard InChI is InChI=1S/C11H15F3N4O3/c1-6(3-11(12,13)14)16-10(21)17-8(9(19)20)7-4-15-18(2)5-7/h4-6,8H,3H2,1-2H3,(H,19,20)(H2,16,17,21). The maximum atomic E-state index is 12.1. The Kier molecular flexibility index (Phi) is 5.17. The fraction of sp³-hybridized carbons (Fsp3) is 0.545. The van der Waals surface area contributed by atoms with Crippen molar-refractivity contribution in [2.45, 2.75) is 31.6 Å². The van der Waals surface area contributed by atoms with Gasteiger partial charge in [0.05, 0.1) is 12.6 Å². The van der Waals surface area contributed by atoms with Crippen molar-refractivity contribution in [3.05, 3.63) is 18.0 Å². The molecule has 1 rings (SSSR count). The van der Waals surface area contributed by atoms with Crippen molar-refractivity contribution in [1.29, 1.82) is 0 Å². The van der Waals surface area contributed by atoms with Gasteiger partial charge in [-0.05, 0) is 6.92 Å². The Labute approximate surface area is 118 Å². The van der Waals surface area contributed by atoms with Crippen molar-refractivity contribution in [3.8, 4) is 0 Å². The molecule has 3 N–H and O–H groups in total. The minimum absolute atomic E-state index is 0.212. The molecule has 0 aliphatic carbocycles. The van der Waals surface area contributed by atoms with Crippen molar-refractivity contribution in [2.75, 3.05) is 0 Å². The number of urea groups is 1. The molecule has 10 heteroatoms. The number of aliphatic carboxylic acids is 1. The minimum Gasteiger partial charge on any atom is -0.479 e. The molecule has 21 heavy (non-hydrogen) atoms. The van der Waals surface area contributed by atoms with E-state index < -0.39 is 36.7 Å². The number of nitrogens with one attached hydrogen (secondary N) is 2. The molecule has 0 aromatic carbocycles. The van der Waals surface area contributed by atoms with Gasteiger partial charge in [-0.15, -0.1) is 0 Å². The lowest BCUT2D eigenvalue weighted by molar-refractivity contribution is -0.140. The largest absolute Gasteiger partial charge is 0.479 e. The van der Waals surface area contributed by atoms with E-state index >= 15 is 0 Å². The summed E-state index contributed by atoms with van der Waals surface area (Å²) in [5.41, 5.74) is 0.212. The van der Waals surface area contributed by atoms with Gasteiger partial charge in [0, 0.05) is 24.8 Å². The molecular formula is C11H15F3N4O3. The number of amides is 2. The number of carboxylic acid groups (broad SMARTS) is 1. The highest BCUT2D eigenvalue weighted by Gasteiger charge is 2.31. The number of nitrogens with zero attached hydrogens (tertiary/aromatic N) is 2. The molecule has 2 atom stereocenters. The van der Waals surface area contributed by atoms with Crippen LogP contribution in [0.1, 0.15) is 24.9 Å². The zero-order valence-electron chi connectivity index (χ0n) is 11.3. The number of hydrogen-bond acceptors (Lipinski definition) is 3. The van der Waals surface area contributed by atoms with Crippen LogP contribution in [-0.2, 0) is 11.8 Å². The van der Waals surface area contributed by atoms with Crippen LogP contribution in [0.2, 0.25) is 0 Å². The zero-order chi connectivity index (χ0) is 16.2. The molecule has 0 aliphatic rings. The Bertz CT molecular complexity index is 515. The van der Waals surface area contributed by atoms with Gasteiger partial charge in [-0.1, -0.05) is 0 Å². The number of aryl methyl sites for hydroxylation is 1. The number of rotatable bonds is 5. The summed E-state index contributed by atoms with van der Waals surface area (Å²) in [5.74, 6) is -1.35. The molecule has 2 unspecified atom stereocenters. The number of halogens is 3. The fourth-order valence-corrected chi connectivity index (χ4v) is 1.67. The molecule has 0 saturated carbocycles. The molecule has 0 fully saturated rings. The summed E-state index contributed by atoms with van der Waals surface area (Å²) < 4.78 is 37.8. The first-order valence-electron chi connectivity index (χ1n) is 5.93. The number of aromatic nitrogens is 2. The highest BCUT2D eigenvalue weighted by Crippen LogP contribution is 2.21. The molecule has 1 aromatic rings. The third kappa shape index (κ3) is 5.71. The quantitative estimate of drug-likeness (QED) is 0.761. The maximum absolute atomic E-state index is 12.1. The normalized spacial score (nSPS) is 14.3. The van der Waals surface area contributed by atoms with Gasteiger partial charge >= 0.3 is 18.2 Å². The summed E-state index contributed by atoms with van der Waals surface area (Å²) in [6.45, 7) is 1.17. The fourth-order valence-electron chi connectivity index (χ4n) is 1.67. The third-order valence-electron chi connectivity index (χ3n) is 2.50. The van der Waals surface area contributed by atoms with Crippen LogP contribution in [0.4, 0.5) is 18.0 Å². The van der Waals surface area contributed by atoms with Gasteiger partial charge in [0.25, 0.3) is 0 Å². The summed E-state index contributed by atoms with van der Waals surface area (Å²) in [5, 5.41) is 16.9. The van der Waals surface area contributed by atoms with Crippen LogP contribution in [0.25, 0.3) is 0 Å². The summed E-state index contributed by atoms with van der Waals surface area (Å²) in [4.78, 5) is 22.7. The number of hydrogen-bond donors (Lipinski definition) is 3. The monoisotopic (exact) mass is 308 g/mol. The van der Waals surface area contributed by atoms with Gasteiger partial charge in [-0.2, -0.15) is 18.3 Å². The second kappa shape index (κ2) is 6.46. The molecule has 0 spiro atoms. The highest BCUT2D eigenvalue weighted by atomic mass is 19.4. The summed E-state index contributed by atoms with van der Waals surface area (Å²) in [7, 11) is 1.56. The molecule has 118 valence electrons. The average Bonchev–Trinajstić information content (AvgIpc) is 2.69. The maximum Gasteiger partial charge on any atom is 0.391 e. The van der Waals surface area contributed by atoms with Gasteiger partial charge in [-0.25, -0.2) is 9.59 Å². The van der Waals surface area contributed by atoms with Crippen LogP contribution in [0, 0.1) is 0 Å². The van der Waals surface area contributed by atoms with Crippen LogP contribution in [0.5, 0.6) is 0 Å². The van der Waals surface area contributed by atoms with E-state index in [-0.39, 0.29) is 5.56 Å². The molecule has 0 radical (unpaired) electrons. The first-order chi connectivity index (χ1) is 9.58. The Morgan fingerprint density at radius 3 is 2.48 bits per heavy atom. The molecule has 0 bridgehead atoms. The van der Waals surface area contributed by atoms with E-state index in [0.717, 1.165) is 0 Å². The Hall–Kier alpha value is -2.26. The van der Waals surface area contributed by atoms with Crippen LogP contribution in [-0.4, -0.2) is 39.1 Å². The SMILES string of the molecule is CC(CC(F)(F)F)NC(=O)NC(C(=O)O)c1cnn(C)c1. The minimum atomic E-state index is -4.41. The average molecular weight is 308 g/mol. The molecule has 2 amide bonds. The van der Waals surface area contributed by atoms with Gasteiger partial charge < -0.3 is 15.7 Å². The van der Waals surface area contributed by atoms with Crippen LogP contribution in [0.15, 0.2) is 12.4 Å². The third-order valence-corrected chi connectivity index (χ3v) is 2.50. The summed E-state index contributed by atoms with van der Waals surface area (Å²) >= 11 is 0. The predicted octanol–water partition coefficient (Wildman–Crippen LogP) is 1.19. The lowest BCUT2D eigenvalue weighted by Crippen LogP contribution is -2.45. The first kappa shape index (κ1) is 16.8. The number of alkyl halides is 3. The van der Waals surface area contributed by atoms with Crippen LogP contribution in [0.3, 0.4) is 0 Å². The Morgan fingerprint density at radius 2 is 2.05 bits per heavy atom. The summed E-state index contributed by atoms with van der Waals surface area (Å²) in [6, 6.07) is -3.56. The van der Waals surface area contributed by atoms with Gasteiger partial charge in [-0.3, -0.25) is 4.68 Å². The van der Waals surface area contributed by atoms with E-state index in [4.69, 9.17) is 5.11 Å². The van der Waals surface area contributed by atoms with Crippen molar-refractivity contribution >= 4 is 12.0 Å². The van der Waals surface area contributed by atoms with E-state index in [1.807, 2.05) is 5.32 Å². The van der Waals surface area contributed by atoms with Crippen molar-refractivity contribution in [2.24, 2.45) is 7.05 Å². The molecular weight excluding hydrogens is 293 g/mol. The van der Waals surface area contributed by atoms with Crippen molar-refractivity contribution in [1.82, 2.24) is 20.4 Å². The number of carbonyl (C=O) groups is 2. The molecule has 7 nitrogen and oxygen atoms in total. The Balaban J connectivity index is 2.64. The topological polar surface area (TPSA) is 96.2 Å². The summed E-state index contributed by atoms with van der Waals surface area (Å²) in [6.07, 6.45) is -2.98. The van der Waals surface area contributed by atoms with Crippen LogP contribution >= 0.6 is 0 Å². The Morgan fingerprint density at radius 1 is 1.43 bits per heavy atom. The van der Waals surface area contributed by atoms with Crippen molar-refractivity contribution in [3.63, 3.8) is 0 Å². The van der Waals surface area contributed by atoms with Crippen molar-refractivity contribution < 1.29 is 27.9 Å². The predicted molar refractivity (Wildman–Crippen MR) is 65.4 cm³/mol. The van der Waals surface area contributed by atoms with E-state index in [1.165, 1.54) is 24.0 Å². The number of carbonyl (C=O) groups excluding carboxylic acids is 1. The molecule has 0 aliphatic heterocycles. The van der Waals surface area contributed by atoms with E-state index in [2.05, 4.69) is 10.4 Å². The second-order valence-electron chi connectivity index (χ2n) is 4.56. The van der Waals surface area contributed by atoms with Gasteiger partial charge in [0.2, 0.25) is 0 Å². The van der Waals surface area contributed by atoms with E-state index in [9.17, 15) is 22.8 Å². The van der Waals surface area contributed by atoms with E-state index in [1.54, 1.807) is 7.05 Å². The zero-order valence-corrected chi connectivity index (χ0v) is 11.3. The lowest BCUT2D eigenvalue weighted by atomic mass is 10.1. The second-order valence-corrected chi connectivity index (χ2v) is 4.56. The van der Waals surface area contributed by atoms with Gasteiger partial charge in [0.1, 0.15) is 0 Å². The first-order valence-corrected chi connectivity index (χ1v) is 5.93. The molecule has 1 heterocycles. The van der Waals surface area contributed by atoms with Crippen LogP contribution < -0.4 is 10.6 Å². The number of carboxylic acids is 1. The molecule has 1 aromatic heterocycles. The smallest absolute Gasteiger partial charge is 0.391 e. The van der Waals surface area contributed by atoms with E-state index in [0.29, 0.717) is 0 Å². The lowest BCUT2D eigenvalue weighted by Gasteiger charge is -2.18. The molecule has 0 saturated heterocycles. The highest BCUT2D eigenvalue weighted by molar-refractivity contribution is 5.83.